The summed E-state index contributed by atoms with van der Waals surface area (Å²) in [5, 5.41) is -0.268. The minimum absolute atomic E-state index is 0.142. The van der Waals surface area contributed by atoms with Crippen molar-refractivity contribution in [1.29, 1.82) is 0 Å². The molecule has 3 rings (SSSR count). The molecule has 1 saturated carbocycles. The van der Waals surface area contributed by atoms with Crippen LogP contribution in [0.25, 0.3) is 0 Å². The van der Waals surface area contributed by atoms with Crippen molar-refractivity contribution >= 4 is 21.4 Å². The number of rotatable bonds is 5. The van der Waals surface area contributed by atoms with Crippen molar-refractivity contribution in [1.82, 2.24) is 0 Å². The van der Waals surface area contributed by atoms with Crippen LogP contribution < -0.4 is 11.5 Å². The van der Waals surface area contributed by atoms with Gasteiger partial charge in [0.05, 0.1) is 10.1 Å². The highest BCUT2D eigenvalue weighted by atomic mass is 35.5. The van der Waals surface area contributed by atoms with Crippen molar-refractivity contribution < 1.29 is 12.8 Å². The molecule has 2 aromatic carbocycles. The molecular weight excluding hydrogens is 351 g/mol. The highest BCUT2D eigenvalue weighted by molar-refractivity contribution is 7.92. The maximum atomic E-state index is 13.2. The molecule has 1 aliphatic rings. The Morgan fingerprint density at radius 1 is 1.00 bits per heavy atom. The third-order valence-corrected chi connectivity index (χ3v) is 7.44. The summed E-state index contributed by atoms with van der Waals surface area (Å²) in [5.41, 5.74) is 11.8. The minimum Gasteiger partial charge on any atom is -0.330 e. The summed E-state index contributed by atoms with van der Waals surface area (Å²) in [4.78, 5) is 0.188. The third-order valence-electron chi connectivity index (χ3n) is 4.85. The molecule has 0 bridgehead atoms. The van der Waals surface area contributed by atoms with E-state index in [1.54, 1.807) is 12.1 Å². The zero-order valence-electron chi connectivity index (χ0n) is 12.8. The molecule has 4 N–H and O–H groups in total. The highest BCUT2D eigenvalue weighted by Gasteiger charge is 2.69. The van der Waals surface area contributed by atoms with Gasteiger partial charge in [-0.1, -0.05) is 23.7 Å². The van der Waals surface area contributed by atoms with E-state index in [0.717, 1.165) is 5.56 Å². The Hall–Kier alpha value is -1.47. The molecule has 0 spiro atoms. The Kier molecular flexibility index (Phi) is 4.42. The zero-order chi connectivity index (χ0) is 17.5. The smallest absolute Gasteiger partial charge is 0.182 e. The van der Waals surface area contributed by atoms with E-state index in [-0.39, 0.29) is 29.7 Å². The van der Waals surface area contributed by atoms with Gasteiger partial charge in [0.25, 0.3) is 0 Å². The normalized spacial score (nSPS) is 22.3. The Morgan fingerprint density at radius 3 is 2.04 bits per heavy atom. The molecule has 0 heterocycles. The van der Waals surface area contributed by atoms with E-state index in [2.05, 4.69) is 0 Å². The molecule has 2 atom stereocenters. The Labute approximate surface area is 145 Å². The molecule has 128 valence electrons. The number of halogens is 2. The summed E-state index contributed by atoms with van der Waals surface area (Å²) in [7, 11) is -3.63. The van der Waals surface area contributed by atoms with Crippen LogP contribution in [0, 0.1) is 11.2 Å². The quantitative estimate of drug-likeness (QED) is 0.848. The van der Waals surface area contributed by atoms with Crippen molar-refractivity contribution in [3.8, 4) is 0 Å². The van der Waals surface area contributed by atoms with Gasteiger partial charge in [-0.05, 0) is 42.0 Å². The van der Waals surface area contributed by atoms with Gasteiger partial charge in [0.15, 0.2) is 9.84 Å². The molecule has 0 unspecified atom stereocenters. The number of benzene rings is 2. The van der Waals surface area contributed by atoms with Gasteiger partial charge in [-0.3, -0.25) is 0 Å². The topological polar surface area (TPSA) is 86.2 Å². The fraction of sp³-hybridized carbons (Fsp3) is 0.294. The van der Waals surface area contributed by atoms with Crippen molar-refractivity contribution in [3.05, 3.63) is 64.9 Å². The maximum absolute atomic E-state index is 13.2. The van der Waals surface area contributed by atoms with Crippen LogP contribution in [0.2, 0.25) is 5.02 Å². The fourth-order valence-corrected chi connectivity index (χ4v) is 6.06. The number of hydrogen-bond donors (Lipinski definition) is 2. The van der Waals surface area contributed by atoms with Gasteiger partial charge in [0.2, 0.25) is 0 Å². The molecule has 1 aliphatic carbocycles. The molecular formula is C17H18ClFN2O2S. The Balaban J connectivity index is 2.04. The Morgan fingerprint density at radius 2 is 1.54 bits per heavy atom. The van der Waals surface area contributed by atoms with Crippen molar-refractivity contribution in [2.24, 2.45) is 16.9 Å². The molecule has 0 amide bonds. The first-order valence-electron chi connectivity index (χ1n) is 7.52. The molecule has 4 nitrogen and oxygen atoms in total. The van der Waals surface area contributed by atoms with Gasteiger partial charge in [0, 0.05) is 29.4 Å². The lowest BCUT2D eigenvalue weighted by atomic mass is 9.99. The van der Waals surface area contributed by atoms with E-state index < -0.39 is 20.5 Å². The predicted molar refractivity (Wildman–Crippen MR) is 92.1 cm³/mol. The molecule has 0 aliphatic heterocycles. The molecule has 0 radical (unpaired) electrons. The second kappa shape index (κ2) is 6.11. The third kappa shape index (κ3) is 2.63. The van der Waals surface area contributed by atoms with Crippen LogP contribution >= 0.6 is 11.6 Å². The molecule has 0 saturated heterocycles. The lowest BCUT2D eigenvalue weighted by molar-refractivity contribution is 0.509. The van der Waals surface area contributed by atoms with Gasteiger partial charge >= 0.3 is 0 Å². The number of nitrogens with two attached hydrogens (primary N) is 2. The van der Waals surface area contributed by atoms with Gasteiger partial charge < -0.3 is 11.5 Å². The first-order valence-corrected chi connectivity index (χ1v) is 9.44. The predicted octanol–water partition coefficient (Wildman–Crippen LogP) is 2.32. The lowest BCUT2D eigenvalue weighted by Crippen LogP contribution is -2.31. The summed E-state index contributed by atoms with van der Waals surface area (Å²) in [5.74, 6) is -0.726. The van der Waals surface area contributed by atoms with Gasteiger partial charge in [-0.25, -0.2) is 12.8 Å². The molecule has 24 heavy (non-hydrogen) atoms. The minimum atomic E-state index is -3.63. The highest BCUT2D eigenvalue weighted by Crippen LogP contribution is 2.62. The summed E-state index contributed by atoms with van der Waals surface area (Å²) in [6.45, 7) is 0.284. The van der Waals surface area contributed by atoms with Crippen LogP contribution in [0.1, 0.15) is 11.5 Å². The standard InChI is InChI=1S/C17H18ClFN2O2S/c18-12-3-7-14(8-4-12)24(22,23)16-15(17(16,9-20)10-21)11-1-5-13(19)6-2-11/h1-8,15-16H,9-10,20-21H2/t15-,16+/m1/s1. The summed E-state index contributed by atoms with van der Waals surface area (Å²) in [6, 6.07) is 11.9. The second-order valence-electron chi connectivity index (χ2n) is 6.09. The lowest BCUT2D eigenvalue weighted by Gasteiger charge is -2.13. The second-order valence-corrected chi connectivity index (χ2v) is 8.60. The average molecular weight is 369 g/mol. The van der Waals surface area contributed by atoms with Gasteiger partial charge in [-0.15, -0.1) is 0 Å². The van der Waals surface area contributed by atoms with E-state index in [1.165, 1.54) is 36.4 Å². The first-order chi connectivity index (χ1) is 11.4. The monoisotopic (exact) mass is 368 g/mol. The van der Waals surface area contributed by atoms with Gasteiger partial charge in [0.1, 0.15) is 5.82 Å². The van der Waals surface area contributed by atoms with Crippen molar-refractivity contribution in [2.75, 3.05) is 13.1 Å². The van der Waals surface area contributed by atoms with E-state index in [4.69, 9.17) is 23.1 Å². The zero-order valence-corrected chi connectivity index (χ0v) is 14.4. The first kappa shape index (κ1) is 17.4. The fourth-order valence-electron chi connectivity index (χ4n) is 3.46. The number of sulfone groups is 1. The van der Waals surface area contributed by atoms with Crippen LogP contribution in [0.15, 0.2) is 53.4 Å². The van der Waals surface area contributed by atoms with Crippen molar-refractivity contribution in [2.45, 2.75) is 16.1 Å². The van der Waals surface area contributed by atoms with Crippen LogP contribution in [-0.2, 0) is 9.84 Å². The summed E-state index contributed by atoms with van der Waals surface area (Å²) in [6.07, 6.45) is 0. The average Bonchev–Trinajstić information content (AvgIpc) is 3.26. The molecule has 7 heteroatoms. The van der Waals surface area contributed by atoms with E-state index >= 15 is 0 Å². The van der Waals surface area contributed by atoms with Crippen molar-refractivity contribution in [3.63, 3.8) is 0 Å². The van der Waals surface area contributed by atoms with E-state index in [1.807, 2.05) is 0 Å². The van der Waals surface area contributed by atoms with Crippen LogP contribution in [0.4, 0.5) is 4.39 Å². The van der Waals surface area contributed by atoms with E-state index in [0.29, 0.717) is 5.02 Å². The van der Waals surface area contributed by atoms with E-state index in [9.17, 15) is 12.8 Å². The van der Waals surface area contributed by atoms with Crippen LogP contribution in [0.5, 0.6) is 0 Å². The largest absolute Gasteiger partial charge is 0.330 e. The number of hydrogen-bond acceptors (Lipinski definition) is 4. The van der Waals surface area contributed by atoms with Crippen LogP contribution in [-0.4, -0.2) is 26.8 Å². The SMILES string of the molecule is NCC1(CN)[C@H](c2ccc(F)cc2)[C@@H]1S(=O)(=O)c1ccc(Cl)cc1. The Bertz CT molecular complexity index is 834. The molecule has 0 aromatic heterocycles. The van der Waals surface area contributed by atoms with Crippen LogP contribution in [0.3, 0.4) is 0 Å². The molecule has 2 aromatic rings. The maximum Gasteiger partial charge on any atom is 0.182 e. The summed E-state index contributed by atoms with van der Waals surface area (Å²) < 4.78 is 39.3. The molecule has 1 fully saturated rings. The van der Waals surface area contributed by atoms with Gasteiger partial charge in [-0.2, -0.15) is 0 Å². The summed E-state index contributed by atoms with van der Waals surface area (Å²) >= 11 is 5.84.